The number of aliphatic carboxylic acids is 1. The largest absolute Gasteiger partial charge is 0.489 e. The first-order valence-electron chi connectivity index (χ1n) is 11.0. The van der Waals surface area contributed by atoms with Crippen LogP contribution < -0.4 is 0 Å². The fourth-order valence-corrected chi connectivity index (χ4v) is 4.57. The molecule has 9 heteroatoms. The zero-order chi connectivity index (χ0) is 22.1. The minimum Gasteiger partial charge on any atom is -0.489 e. The molecule has 1 fully saturated rings. The summed E-state index contributed by atoms with van der Waals surface area (Å²) in [5.41, 5.74) is 1.30. The van der Waals surface area contributed by atoms with Gasteiger partial charge in [-0.15, -0.1) is 0 Å². The molecule has 0 bridgehead atoms. The predicted molar refractivity (Wildman–Crippen MR) is 121 cm³/mol. The molecule has 0 aromatic heterocycles. The Bertz CT molecular complexity index is 901. The van der Waals surface area contributed by atoms with E-state index in [4.69, 9.17) is 26.3 Å². The number of likely N-dealkylation sites (N-methyl/N-ethyl adjacent to an activating group) is 2. The number of halogens is 1. The van der Waals surface area contributed by atoms with E-state index in [9.17, 15) is 9.90 Å². The number of hydrazine groups is 1. The maximum atomic E-state index is 11.4. The monoisotopic (exact) mass is 447 g/mol. The van der Waals surface area contributed by atoms with Crippen molar-refractivity contribution in [3.63, 3.8) is 0 Å². The first-order valence-corrected chi connectivity index (χ1v) is 11.3. The van der Waals surface area contributed by atoms with Crippen molar-refractivity contribution in [3.05, 3.63) is 34.2 Å². The van der Waals surface area contributed by atoms with E-state index in [-0.39, 0.29) is 12.1 Å². The van der Waals surface area contributed by atoms with E-state index in [1.807, 2.05) is 20.2 Å². The molecule has 2 aliphatic carbocycles. The van der Waals surface area contributed by atoms with Gasteiger partial charge >= 0.3 is 5.97 Å². The number of guanidine groups is 1. The molecule has 0 aromatic rings. The molecule has 31 heavy (non-hydrogen) atoms. The van der Waals surface area contributed by atoms with Gasteiger partial charge in [0, 0.05) is 38.8 Å². The van der Waals surface area contributed by atoms with E-state index in [0.29, 0.717) is 29.5 Å². The van der Waals surface area contributed by atoms with Gasteiger partial charge in [0.2, 0.25) is 5.96 Å². The first-order chi connectivity index (χ1) is 14.9. The van der Waals surface area contributed by atoms with Gasteiger partial charge in [0.1, 0.15) is 11.6 Å². The Labute approximate surface area is 188 Å². The molecule has 0 amide bonds. The summed E-state index contributed by atoms with van der Waals surface area (Å²) in [4.78, 5) is 23.1. The third-order valence-electron chi connectivity index (χ3n) is 6.23. The highest BCUT2D eigenvalue weighted by Crippen LogP contribution is 2.35. The van der Waals surface area contributed by atoms with E-state index in [1.165, 1.54) is 19.3 Å². The molecule has 4 rings (SSSR count). The van der Waals surface area contributed by atoms with Crippen LogP contribution in [0.1, 0.15) is 45.4 Å². The number of aliphatic imine (C=N–C) groups is 2. The van der Waals surface area contributed by atoms with Gasteiger partial charge in [0.25, 0.3) is 0 Å². The molecular weight excluding hydrogens is 418 g/mol. The lowest BCUT2D eigenvalue weighted by molar-refractivity contribution is -0.132. The van der Waals surface area contributed by atoms with Gasteiger partial charge in [0.05, 0.1) is 29.3 Å². The maximum absolute atomic E-state index is 11.4. The number of ether oxygens (including phenoxy) is 1. The van der Waals surface area contributed by atoms with Crippen LogP contribution in [0.2, 0.25) is 0 Å². The van der Waals surface area contributed by atoms with Crippen LogP contribution in [0, 0.1) is 0 Å². The lowest BCUT2D eigenvalue weighted by atomic mass is 9.94. The lowest BCUT2D eigenvalue weighted by Crippen LogP contribution is -2.43. The lowest BCUT2D eigenvalue weighted by Gasteiger charge is -2.35. The highest BCUT2D eigenvalue weighted by Gasteiger charge is 2.35. The zero-order valence-corrected chi connectivity index (χ0v) is 19.1. The second kappa shape index (κ2) is 9.04. The second-order valence-corrected chi connectivity index (χ2v) is 8.92. The molecule has 1 atom stereocenters. The van der Waals surface area contributed by atoms with E-state index < -0.39 is 5.97 Å². The van der Waals surface area contributed by atoms with Crippen molar-refractivity contribution in [2.75, 3.05) is 27.2 Å². The number of carboxylic acids is 1. The van der Waals surface area contributed by atoms with E-state index in [1.54, 1.807) is 16.2 Å². The second-order valence-electron chi connectivity index (χ2n) is 8.47. The number of rotatable bonds is 4. The molecule has 0 radical (unpaired) electrons. The predicted octanol–water partition coefficient (Wildman–Crippen LogP) is 3.34. The molecule has 1 saturated carbocycles. The summed E-state index contributed by atoms with van der Waals surface area (Å²) in [6.07, 6.45) is 10.2. The number of amidine groups is 1. The highest BCUT2D eigenvalue weighted by atomic mass is 35.5. The van der Waals surface area contributed by atoms with Gasteiger partial charge in [-0.2, -0.15) is 4.99 Å². The van der Waals surface area contributed by atoms with Crippen molar-refractivity contribution < 1.29 is 14.6 Å². The number of carboxylic acid groups (broad SMARTS) is 1. The molecule has 1 unspecified atom stereocenters. The number of nitrogens with zero attached hydrogens (tertiary/aromatic N) is 5. The number of carbonyl (C=O) groups is 1. The molecule has 8 nitrogen and oxygen atoms in total. The van der Waals surface area contributed by atoms with Crippen molar-refractivity contribution in [1.29, 1.82) is 0 Å². The Morgan fingerprint density at radius 1 is 1.35 bits per heavy atom. The fraction of sp³-hybridized carbons (Fsp3) is 0.591. The molecule has 0 saturated heterocycles. The average molecular weight is 448 g/mol. The minimum atomic E-state index is -0.936. The normalized spacial score (nSPS) is 24.9. The van der Waals surface area contributed by atoms with Gasteiger partial charge in [-0.05, 0) is 38.7 Å². The molecule has 168 valence electrons. The van der Waals surface area contributed by atoms with Crippen LogP contribution in [0.15, 0.2) is 44.2 Å². The Morgan fingerprint density at radius 2 is 2.10 bits per heavy atom. The van der Waals surface area contributed by atoms with Crippen LogP contribution in [0.4, 0.5) is 0 Å². The molecular formula is C22H30ClN5O3. The van der Waals surface area contributed by atoms with E-state index in [0.717, 1.165) is 36.6 Å². The van der Waals surface area contributed by atoms with E-state index >= 15 is 0 Å². The maximum Gasteiger partial charge on any atom is 0.334 e. The summed E-state index contributed by atoms with van der Waals surface area (Å²) in [6, 6.07) is -0.182. The number of allylic oxidation sites excluding steroid dienone is 1. The standard InChI is InChI=1S/C22H30ClN5O3/c1-4-26(2)20-16-10-19(31-15-8-6-5-7-9-15)17(23)11-18(16)24-22(25-20)28-13-14(21(29)30)12-27(28)3/h10,13,15,18H,4-9,11-12H2,1-3H3,(H,29,30). The molecule has 1 N–H and O–H groups in total. The van der Waals surface area contributed by atoms with Crippen molar-refractivity contribution in [2.45, 2.75) is 57.6 Å². The zero-order valence-electron chi connectivity index (χ0n) is 18.3. The summed E-state index contributed by atoms with van der Waals surface area (Å²) >= 11 is 6.66. The van der Waals surface area contributed by atoms with Crippen molar-refractivity contribution in [3.8, 4) is 0 Å². The van der Waals surface area contributed by atoms with Crippen LogP contribution in [-0.2, 0) is 9.53 Å². The number of hydrogen-bond donors (Lipinski definition) is 1. The summed E-state index contributed by atoms with van der Waals surface area (Å²) in [5.74, 6) is 1.09. The van der Waals surface area contributed by atoms with Crippen LogP contribution >= 0.6 is 11.6 Å². The Kier molecular flexibility index (Phi) is 6.39. The fourth-order valence-electron chi connectivity index (χ4n) is 4.32. The Hall–Kier alpha value is -2.32. The summed E-state index contributed by atoms with van der Waals surface area (Å²) in [6.45, 7) is 3.15. The topological polar surface area (TPSA) is 81.0 Å². The van der Waals surface area contributed by atoms with E-state index in [2.05, 4.69) is 11.8 Å². The highest BCUT2D eigenvalue weighted by molar-refractivity contribution is 6.30. The van der Waals surface area contributed by atoms with Gasteiger partial charge in [-0.25, -0.2) is 19.8 Å². The van der Waals surface area contributed by atoms with Crippen LogP contribution in [0.3, 0.4) is 0 Å². The van der Waals surface area contributed by atoms with Crippen molar-refractivity contribution in [2.24, 2.45) is 9.98 Å². The van der Waals surface area contributed by atoms with Gasteiger partial charge < -0.3 is 14.7 Å². The van der Waals surface area contributed by atoms with Crippen LogP contribution in [-0.4, -0.2) is 77.1 Å². The molecule has 0 aromatic carbocycles. The number of hydrogen-bond acceptors (Lipinski definition) is 7. The average Bonchev–Trinajstić information content (AvgIpc) is 3.16. The quantitative estimate of drug-likeness (QED) is 0.711. The number of fused-ring (bicyclic) bond motifs is 1. The summed E-state index contributed by atoms with van der Waals surface area (Å²) in [7, 11) is 3.82. The Morgan fingerprint density at radius 3 is 2.74 bits per heavy atom. The molecule has 2 heterocycles. The van der Waals surface area contributed by atoms with Crippen LogP contribution in [0.5, 0.6) is 0 Å². The first kappa shape index (κ1) is 21.9. The van der Waals surface area contributed by atoms with Crippen molar-refractivity contribution in [1.82, 2.24) is 14.9 Å². The molecule has 4 aliphatic rings. The van der Waals surface area contributed by atoms with Gasteiger partial charge in [-0.1, -0.05) is 18.0 Å². The third-order valence-corrected chi connectivity index (χ3v) is 6.57. The summed E-state index contributed by atoms with van der Waals surface area (Å²) < 4.78 is 6.30. The van der Waals surface area contributed by atoms with Crippen LogP contribution in [0.25, 0.3) is 0 Å². The molecule has 2 aliphatic heterocycles. The third kappa shape index (κ3) is 4.50. The SMILES string of the molecule is CCN(C)C1=NC(N2C=C(C(=O)O)CN2C)=NC2CC(Cl)=C(OC3CCCCC3)C=C12. The van der Waals surface area contributed by atoms with Gasteiger partial charge in [-0.3, -0.25) is 0 Å². The smallest absolute Gasteiger partial charge is 0.334 e. The Balaban J connectivity index is 1.64. The van der Waals surface area contributed by atoms with Gasteiger partial charge in [0.15, 0.2) is 0 Å². The van der Waals surface area contributed by atoms with Crippen molar-refractivity contribution >= 4 is 29.4 Å². The summed E-state index contributed by atoms with van der Waals surface area (Å²) in [5, 5.41) is 13.5. The minimum absolute atomic E-state index is 0.182. The molecule has 0 spiro atoms.